The Kier molecular flexibility index (Phi) is 4.29. The molecule has 1 heterocycles. The first-order valence-corrected chi connectivity index (χ1v) is 6.65. The van der Waals surface area contributed by atoms with Gasteiger partial charge < -0.3 is 5.32 Å². The Hall–Kier alpha value is -1.19. The molecule has 0 fully saturated rings. The maximum Gasteiger partial charge on any atom is 0.123 e. The molecule has 3 heteroatoms. The molecule has 17 heavy (non-hydrogen) atoms. The molecule has 2 rings (SSSR count). The fraction of sp³-hybridized carbons (Fsp3) is 0.286. The Morgan fingerprint density at radius 2 is 2.06 bits per heavy atom. The summed E-state index contributed by atoms with van der Waals surface area (Å²) in [5, 5.41) is 7.54. The van der Waals surface area contributed by atoms with Gasteiger partial charge in [0.15, 0.2) is 0 Å². The Morgan fingerprint density at radius 3 is 2.71 bits per heavy atom. The average molecular weight is 249 g/mol. The monoisotopic (exact) mass is 249 g/mol. The van der Waals surface area contributed by atoms with Crippen molar-refractivity contribution < 1.29 is 4.39 Å². The van der Waals surface area contributed by atoms with Crippen LogP contribution in [0.25, 0.3) is 0 Å². The molecule has 1 aromatic carbocycles. The van der Waals surface area contributed by atoms with Crippen molar-refractivity contribution in [3.63, 3.8) is 0 Å². The molecular formula is C14H16FNS. The van der Waals surface area contributed by atoms with Gasteiger partial charge in [0.1, 0.15) is 5.82 Å². The normalized spacial score (nSPS) is 12.6. The molecule has 1 aromatic heterocycles. The van der Waals surface area contributed by atoms with Crippen LogP contribution < -0.4 is 5.32 Å². The summed E-state index contributed by atoms with van der Waals surface area (Å²) in [4.78, 5) is 0. The van der Waals surface area contributed by atoms with Gasteiger partial charge >= 0.3 is 0 Å². The molecule has 90 valence electrons. The van der Waals surface area contributed by atoms with Crippen LogP contribution >= 0.6 is 11.3 Å². The molecule has 1 N–H and O–H groups in total. The van der Waals surface area contributed by atoms with Crippen molar-refractivity contribution in [1.82, 2.24) is 5.32 Å². The van der Waals surface area contributed by atoms with E-state index in [0.29, 0.717) is 6.04 Å². The number of hydrogen-bond donors (Lipinski definition) is 1. The highest BCUT2D eigenvalue weighted by Gasteiger charge is 2.09. The van der Waals surface area contributed by atoms with Crippen molar-refractivity contribution in [2.75, 3.05) is 7.05 Å². The minimum absolute atomic E-state index is 0.159. The molecule has 0 aliphatic rings. The van der Waals surface area contributed by atoms with Crippen molar-refractivity contribution >= 4 is 11.3 Å². The largest absolute Gasteiger partial charge is 0.316 e. The summed E-state index contributed by atoms with van der Waals surface area (Å²) in [7, 11) is 1.95. The van der Waals surface area contributed by atoms with Gasteiger partial charge in [-0.1, -0.05) is 12.1 Å². The van der Waals surface area contributed by atoms with E-state index >= 15 is 0 Å². The fourth-order valence-corrected chi connectivity index (χ4v) is 2.60. The van der Waals surface area contributed by atoms with Crippen LogP contribution in [0.2, 0.25) is 0 Å². The third-order valence-corrected chi connectivity index (χ3v) is 3.57. The molecule has 0 aliphatic carbocycles. The molecule has 0 amide bonds. The van der Waals surface area contributed by atoms with Crippen molar-refractivity contribution in [1.29, 1.82) is 0 Å². The highest BCUT2D eigenvalue weighted by atomic mass is 32.1. The first-order chi connectivity index (χ1) is 8.28. The molecule has 0 saturated heterocycles. The molecule has 0 aliphatic heterocycles. The zero-order chi connectivity index (χ0) is 12.1. The van der Waals surface area contributed by atoms with Gasteiger partial charge in [-0.05, 0) is 60.0 Å². The maximum atomic E-state index is 13.1. The van der Waals surface area contributed by atoms with E-state index in [4.69, 9.17) is 0 Å². The van der Waals surface area contributed by atoms with Gasteiger partial charge in [0.25, 0.3) is 0 Å². The molecule has 1 nitrogen and oxygen atoms in total. The second kappa shape index (κ2) is 5.94. The van der Waals surface area contributed by atoms with E-state index in [1.165, 1.54) is 11.6 Å². The standard InChI is InChI=1S/C14H16FNS/c1-16-14(9-12-5-6-17-10-12)8-11-3-2-4-13(15)7-11/h2-7,10,14,16H,8-9H2,1H3. The van der Waals surface area contributed by atoms with Gasteiger partial charge in [-0.3, -0.25) is 0 Å². The summed E-state index contributed by atoms with van der Waals surface area (Å²) in [6.07, 6.45) is 1.83. The lowest BCUT2D eigenvalue weighted by Crippen LogP contribution is -2.29. The van der Waals surface area contributed by atoms with Crippen LogP contribution in [0.3, 0.4) is 0 Å². The highest BCUT2D eigenvalue weighted by Crippen LogP contribution is 2.12. The predicted molar refractivity (Wildman–Crippen MR) is 71.0 cm³/mol. The van der Waals surface area contributed by atoms with Crippen molar-refractivity contribution in [2.24, 2.45) is 0 Å². The minimum Gasteiger partial charge on any atom is -0.316 e. The number of likely N-dealkylation sites (N-methyl/N-ethyl adjacent to an activating group) is 1. The van der Waals surface area contributed by atoms with E-state index in [0.717, 1.165) is 18.4 Å². The number of rotatable bonds is 5. The van der Waals surface area contributed by atoms with Crippen LogP contribution in [0.15, 0.2) is 41.1 Å². The predicted octanol–water partition coefficient (Wildman–Crippen LogP) is 3.26. The van der Waals surface area contributed by atoms with Crippen LogP contribution in [0.1, 0.15) is 11.1 Å². The topological polar surface area (TPSA) is 12.0 Å². The fourth-order valence-electron chi connectivity index (χ4n) is 1.92. The van der Waals surface area contributed by atoms with Crippen LogP contribution in [-0.2, 0) is 12.8 Å². The van der Waals surface area contributed by atoms with Crippen LogP contribution in [-0.4, -0.2) is 13.1 Å². The molecule has 0 spiro atoms. The lowest BCUT2D eigenvalue weighted by Gasteiger charge is -2.15. The van der Waals surface area contributed by atoms with Gasteiger partial charge in [-0.2, -0.15) is 11.3 Å². The van der Waals surface area contributed by atoms with E-state index in [9.17, 15) is 4.39 Å². The smallest absolute Gasteiger partial charge is 0.123 e. The van der Waals surface area contributed by atoms with E-state index < -0.39 is 0 Å². The van der Waals surface area contributed by atoms with Gasteiger partial charge in [0, 0.05) is 6.04 Å². The Morgan fingerprint density at radius 1 is 1.24 bits per heavy atom. The van der Waals surface area contributed by atoms with E-state index in [1.54, 1.807) is 23.5 Å². The zero-order valence-electron chi connectivity index (χ0n) is 9.82. The number of hydrogen-bond acceptors (Lipinski definition) is 2. The number of benzene rings is 1. The SMILES string of the molecule is CNC(Cc1ccsc1)Cc1cccc(F)c1. The van der Waals surface area contributed by atoms with Crippen molar-refractivity contribution in [3.05, 3.63) is 58.0 Å². The van der Waals surface area contributed by atoms with Gasteiger partial charge in [0.2, 0.25) is 0 Å². The molecule has 0 radical (unpaired) electrons. The van der Waals surface area contributed by atoms with E-state index in [-0.39, 0.29) is 5.82 Å². The highest BCUT2D eigenvalue weighted by molar-refractivity contribution is 7.07. The third-order valence-electron chi connectivity index (χ3n) is 2.84. The zero-order valence-corrected chi connectivity index (χ0v) is 10.6. The van der Waals surface area contributed by atoms with E-state index in [2.05, 4.69) is 22.1 Å². The quantitative estimate of drug-likeness (QED) is 0.857. The van der Waals surface area contributed by atoms with Gasteiger partial charge in [-0.15, -0.1) is 0 Å². The Balaban J connectivity index is 2.00. The minimum atomic E-state index is -0.159. The Labute approximate surface area is 105 Å². The summed E-state index contributed by atoms with van der Waals surface area (Å²) in [5.41, 5.74) is 2.38. The lowest BCUT2D eigenvalue weighted by molar-refractivity contribution is 0.553. The average Bonchev–Trinajstić information content (AvgIpc) is 2.81. The van der Waals surface area contributed by atoms with E-state index in [1.807, 2.05) is 13.1 Å². The summed E-state index contributed by atoms with van der Waals surface area (Å²) >= 11 is 1.71. The van der Waals surface area contributed by atoms with Gasteiger partial charge in [0.05, 0.1) is 0 Å². The second-order valence-electron chi connectivity index (χ2n) is 4.16. The van der Waals surface area contributed by atoms with Crippen LogP contribution in [0.4, 0.5) is 4.39 Å². The van der Waals surface area contributed by atoms with Gasteiger partial charge in [-0.25, -0.2) is 4.39 Å². The van der Waals surface area contributed by atoms with Crippen molar-refractivity contribution in [2.45, 2.75) is 18.9 Å². The summed E-state index contributed by atoms with van der Waals surface area (Å²) in [6.45, 7) is 0. The van der Waals surface area contributed by atoms with Crippen LogP contribution in [0, 0.1) is 5.82 Å². The molecule has 1 atom stereocenters. The summed E-state index contributed by atoms with van der Waals surface area (Å²) < 4.78 is 13.1. The number of halogens is 1. The molecule has 0 bridgehead atoms. The third kappa shape index (κ3) is 3.65. The second-order valence-corrected chi connectivity index (χ2v) is 4.94. The summed E-state index contributed by atoms with van der Waals surface area (Å²) in [5.74, 6) is -0.159. The number of thiophene rings is 1. The van der Waals surface area contributed by atoms with Crippen molar-refractivity contribution in [3.8, 4) is 0 Å². The Bertz CT molecular complexity index is 453. The van der Waals surface area contributed by atoms with Crippen LogP contribution in [0.5, 0.6) is 0 Å². The molecule has 1 unspecified atom stereocenters. The maximum absolute atomic E-state index is 13.1. The molecular weight excluding hydrogens is 233 g/mol. The molecule has 0 saturated carbocycles. The molecule has 2 aromatic rings. The summed E-state index contributed by atoms with van der Waals surface area (Å²) in [6, 6.07) is 9.32. The first kappa shape index (κ1) is 12.3. The number of nitrogens with one attached hydrogen (secondary N) is 1. The first-order valence-electron chi connectivity index (χ1n) is 5.70. The lowest BCUT2D eigenvalue weighted by atomic mass is 10.0.